The lowest BCUT2D eigenvalue weighted by Crippen LogP contribution is -2.30. The van der Waals surface area contributed by atoms with E-state index in [9.17, 15) is 43.5 Å². The smallest absolute Gasteiger partial charge is 0.463 e. The van der Waals surface area contributed by atoms with E-state index >= 15 is 0 Å². The van der Waals surface area contributed by atoms with Gasteiger partial charge in [0.25, 0.3) is 0 Å². The summed E-state index contributed by atoms with van der Waals surface area (Å²) in [4.78, 5) is 58.3. The van der Waals surface area contributed by atoms with E-state index in [1.807, 2.05) is 12.2 Å². The molecule has 16 nitrogen and oxygen atoms in total. The van der Waals surface area contributed by atoms with Gasteiger partial charge in [-0.1, -0.05) is 226 Å². The number of phosphoric ester groups is 2. The third-order valence-corrected chi connectivity index (χ3v) is 15.5. The highest BCUT2D eigenvalue weighted by atomic mass is 31.2. The summed E-state index contributed by atoms with van der Waals surface area (Å²) in [5, 5.41) is 20.5. The second-order valence-corrected chi connectivity index (χ2v) is 25.1. The molecular weight excluding hydrogens is 1170 g/mol. The molecular formula is C71H120O16P2. The SMILES string of the molecule is CC/C=C\C/C=C\C/C=C\C/C=C\C/C=C\CCCC(=O)OCC(COP(=O)(O)OCC(O)COP(=O)(O)OCC(O)COC(=O)CCCCCCCCC/C=C\C/C=C\C/C=C\C/C=C\CCCCC)OC(=O)CCCCCCC/C=C\CCCCCC. The van der Waals surface area contributed by atoms with Crippen molar-refractivity contribution in [3.8, 4) is 0 Å². The summed E-state index contributed by atoms with van der Waals surface area (Å²) in [5.41, 5.74) is 0. The normalized spacial score (nSPS) is 15.0. The topological polar surface area (TPSA) is 231 Å². The van der Waals surface area contributed by atoms with Crippen LogP contribution in [-0.4, -0.2) is 95.9 Å². The quantitative estimate of drug-likeness (QED) is 0.0146. The number of unbranched alkanes of at least 4 members (excludes halogenated alkanes) is 20. The Morgan fingerprint density at radius 3 is 1.02 bits per heavy atom. The van der Waals surface area contributed by atoms with Crippen molar-refractivity contribution in [3.63, 3.8) is 0 Å². The summed E-state index contributed by atoms with van der Waals surface area (Å²) in [6.45, 7) is 2.40. The van der Waals surface area contributed by atoms with Crippen LogP contribution in [0.1, 0.15) is 252 Å². The van der Waals surface area contributed by atoms with E-state index in [4.69, 9.17) is 32.3 Å². The minimum atomic E-state index is -4.94. The van der Waals surface area contributed by atoms with Gasteiger partial charge in [0.1, 0.15) is 25.4 Å². The van der Waals surface area contributed by atoms with Crippen LogP contribution >= 0.6 is 15.6 Å². The molecule has 18 heteroatoms. The van der Waals surface area contributed by atoms with Gasteiger partial charge in [0.05, 0.1) is 26.4 Å². The molecule has 0 aliphatic rings. The van der Waals surface area contributed by atoms with E-state index in [1.54, 1.807) is 0 Å². The maximum atomic E-state index is 12.9. The number of allylic oxidation sites excluding steroid dienone is 20. The van der Waals surface area contributed by atoms with E-state index in [0.717, 1.165) is 135 Å². The Bertz CT molecular complexity index is 2110. The van der Waals surface area contributed by atoms with Crippen LogP contribution in [0.4, 0.5) is 0 Å². The van der Waals surface area contributed by atoms with Crippen molar-refractivity contribution in [2.75, 3.05) is 39.6 Å². The minimum Gasteiger partial charge on any atom is -0.463 e. The molecule has 510 valence electrons. The zero-order valence-electron chi connectivity index (χ0n) is 55.1. The minimum absolute atomic E-state index is 0.0792. The molecule has 0 amide bonds. The summed E-state index contributed by atoms with van der Waals surface area (Å²) in [6, 6.07) is 0. The molecule has 0 radical (unpaired) electrons. The monoisotopic (exact) mass is 1290 g/mol. The van der Waals surface area contributed by atoms with Gasteiger partial charge in [-0.15, -0.1) is 0 Å². The lowest BCUT2D eigenvalue weighted by atomic mass is 10.1. The summed E-state index contributed by atoms with van der Waals surface area (Å²) >= 11 is 0. The Kier molecular flexibility index (Phi) is 61.2. The van der Waals surface area contributed by atoms with E-state index in [1.165, 1.54) is 51.4 Å². The number of esters is 3. The number of aliphatic hydroxyl groups is 2. The molecule has 0 fully saturated rings. The largest absolute Gasteiger partial charge is 0.472 e. The van der Waals surface area contributed by atoms with Crippen LogP contribution in [0.5, 0.6) is 0 Å². The Balaban J connectivity index is 4.65. The van der Waals surface area contributed by atoms with Gasteiger partial charge in [-0.25, -0.2) is 9.13 Å². The summed E-state index contributed by atoms with van der Waals surface area (Å²) in [6.07, 6.45) is 72.6. The third kappa shape index (κ3) is 65.3. The van der Waals surface area contributed by atoms with Crippen molar-refractivity contribution in [2.24, 2.45) is 0 Å². The molecule has 0 rings (SSSR count). The van der Waals surface area contributed by atoms with Crippen molar-refractivity contribution in [2.45, 2.75) is 270 Å². The van der Waals surface area contributed by atoms with Gasteiger partial charge in [-0.3, -0.25) is 32.5 Å². The van der Waals surface area contributed by atoms with Gasteiger partial charge in [-0.05, 0) is 128 Å². The van der Waals surface area contributed by atoms with Crippen molar-refractivity contribution in [3.05, 3.63) is 122 Å². The molecule has 0 heterocycles. The van der Waals surface area contributed by atoms with Crippen LogP contribution < -0.4 is 0 Å². The van der Waals surface area contributed by atoms with Gasteiger partial charge in [0.2, 0.25) is 0 Å². The second kappa shape index (κ2) is 64.1. The highest BCUT2D eigenvalue weighted by molar-refractivity contribution is 7.47. The van der Waals surface area contributed by atoms with Gasteiger partial charge in [0, 0.05) is 19.3 Å². The molecule has 4 N–H and O–H groups in total. The van der Waals surface area contributed by atoms with Crippen molar-refractivity contribution in [1.29, 1.82) is 0 Å². The van der Waals surface area contributed by atoms with Crippen LogP contribution in [0.2, 0.25) is 0 Å². The molecule has 0 saturated carbocycles. The lowest BCUT2D eigenvalue weighted by molar-refractivity contribution is -0.161. The maximum Gasteiger partial charge on any atom is 0.472 e. The first-order valence-electron chi connectivity index (χ1n) is 33.8. The van der Waals surface area contributed by atoms with Crippen molar-refractivity contribution < 1.29 is 75.8 Å². The molecule has 0 aromatic heterocycles. The number of hydrogen-bond donors (Lipinski definition) is 4. The number of carbonyl (C=O) groups is 3. The van der Waals surface area contributed by atoms with E-state index < -0.39 is 91.5 Å². The first kappa shape index (κ1) is 85.0. The maximum absolute atomic E-state index is 12.9. The number of rotatable bonds is 63. The number of ether oxygens (including phenoxy) is 3. The van der Waals surface area contributed by atoms with Crippen LogP contribution in [0.15, 0.2) is 122 Å². The zero-order valence-corrected chi connectivity index (χ0v) is 56.8. The van der Waals surface area contributed by atoms with Crippen LogP contribution in [0, 0.1) is 0 Å². The number of phosphoric acid groups is 2. The Morgan fingerprint density at radius 1 is 0.326 bits per heavy atom. The summed E-state index contributed by atoms with van der Waals surface area (Å²) in [7, 11) is -9.80. The fourth-order valence-corrected chi connectivity index (χ4v) is 10.0. The molecule has 0 bridgehead atoms. The van der Waals surface area contributed by atoms with E-state index in [2.05, 4.69) is 130 Å². The third-order valence-electron chi connectivity index (χ3n) is 13.6. The standard InChI is InChI=1S/C71H120O16P2/c1-4-7-10-13-16-19-22-25-27-29-30-31-32-33-34-36-38-40-42-45-48-51-54-57-69(74)81-60-66(72)61-83-88(77,78)84-62-67(73)63-85-89(79,80)86-65-68(87-71(76)59-56-53-50-47-44-39-24-21-18-15-12-9-6-3)64-82-70(75)58-55-52-49-46-43-41-37-35-28-26-23-20-17-14-11-8-5-2/h8,11,16-17,19-21,24-28,30-31,33-34,37,41,46,49,66-68,72-73H,4-7,9-10,12-15,18,22-23,29,32,35-36,38-40,42-45,47-48,50-65H2,1-3H3,(H,77,78)(H,79,80)/b11-8-,19-16-,20-17-,24-21-,27-25-,28-26-,31-30-,34-33-,41-37-,49-46-. The molecule has 0 spiro atoms. The fraction of sp³-hybridized carbons (Fsp3) is 0.676. The van der Waals surface area contributed by atoms with Gasteiger partial charge >= 0.3 is 33.6 Å². The predicted octanol–water partition coefficient (Wildman–Crippen LogP) is 18.6. The molecule has 5 atom stereocenters. The van der Waals surface area contributed by atoms with Gasteiger partial charge in [0.15, 0.2) is 6.10 Å². The first-order chi connectivity index (χ1) is 43.2. The summed E-state index contributed by atoms with van der Waals surface area (Å²) < 4.78 is 60.7. The lowest BCUT2D eigenvalue weighted by Gasteiger charge is -2.21. The van der Waals surface area contributed by atoms with Gasteiger partial charge < -0.3 is 34.2 Å². The van der Waals surface area contributed by atoms with E-state index in [0.29, 0.717) is 25.7 Å². The van der Waals surface area contributed by atoms with Crippen LogP contribution in [0.25, 0.3) is 0 Å². The Labute approximate surface area is 538 Å². The number of aliphatic hydroxyl groups excluding tert-OH is 2. The Morgan fingerprint density at radius 2 is 0.607 bits per heavy atom. The molecule has 0 aliphatic carbocycles. The van der Waals surface area contributed by atoms with Crippen LogP contribution in [0.3, 0.4) is 0 Å². The fourth-order valence-electron chi connectivity index (χ4n) is 8.46. The average molecular weight is 1290 g/mol. The molecule has 0 aromatic rings. The molecule has 89 heavy (non-hydrogen) atoms. The number of carbonyl (C=O) groups excluding carboxylic acids is 3. The van der Waals surface area contributed by atoms with E-state index in [-0.39, 0.29) is 19.3 Å². The Hall–Kier alpha value is -4.05. The second-order valence-electron chi connectivity index (χ2n) is 22.2. The summed E-state index contributed by atoms with van der Waals surface area (Å²) in [5.74, 6) is -1.67. The number of hydrogen-bond acceptors (Lipinski definition) is 14. The molecule has 5 unspecified atom stereocenters. The average Bonchev–Trinajstić information content (AvgIpc) is 3.66. The van der Waals surface area contributed by atoms with Gasteiger partial charge in [-0.2, -0.15) is 0 Å². The molecule has 0 aliphatic heterocycles. The van der Waals surface area contributed by atoms with Crippen LogP contribution in [-0.2, 0) is 55.8 Å². The van der Waals surface area contributed by atoms with Crippen molar-refractivity contribution in [1.82, 2.24) is 0 Å². The molecule has 0 saturated heterocycles. The zero-order chi connectivity index (χ0) is 65.3. The highest BCUT2D eigenvalue weighted by Crippen LogP contribution is 2.45. The molecule has 0 aromatic carbocycles. The highest BCUT2D eigenvalue weighted by Gasteiger charge is 2.29. The van der Waals surface area contributed by atoms with Crippen molar-refractivity contribution >= 4 is 33.6 Å². The first-order valence-corrected chi connectivity index (χ1v) is 36.8. The predicted molar refractivity (Wildman–Crippen MR) is 362 cm³/mol.